The average molecular weight is 493 g/mol. The van der Waals surface area contributed by atoms with Crippen LogP contribution in [-0.4, -0.2) is 43.2 Å². The molecular weight excluding hydrogens is 467 g/mol. The maximum atomic E-state index is 13.3. The Bertz CT molecular complexity index is 1310. The molecule has 3 amide bonds. The van der Waals surface area contributed by atoms with E-state index in [1.165, 1.54) is 19.1 Å². The smallest absolute Gasteiger partial charge is 0.330 e. The molecule has 3 aromatic rings. The molecule has 1 aliphatic heterocycles. The zero-order valence-corrected chi connectivity index (χ0v) is 20.0. The zero-order chi connectivity index (χ0) is 25.8. The number of aromatic nitrogens is 2. The standard InChI is InChI=1S/C25H25FN6O4/c1-5-22(33)28-20-7-6-15(12-26)8-21(20)29-24-27-13-16-14-32(25(34)31(2)23(16)30-24)17-9-18(35-3)11-19(10-17)36-4/h5-11,13H,1,12,14H2,2-4H3,(H,28,33)(H,27,29,30). The molecule has 0 aliphatic carbocycles. The van der Waals surface area contributed by atoms with Gasteiger partial charge in [0.15, 0.2) is 0 Å². The van der Waals surface area contributed by atoms with Gasteiger partial charge in [0.2, 0.25) is 11.9 Å². The molecule has 10 nitrogen and oxygen atoms in total. The summed E-state index contributed by atoms with van der Waals surface area (Å²) >= 11 is 0. The number of hydrogen-bond acceptors (Lipinski definition) is 7. The first-order chi connectivity index (χ1) is 17.4. The van der Waals surface area contributed by atoms with Crippen molar-refractivity contribution in [1.29, 1.82) is 0 Å². The molecule has 2 heterocycles. The molecule has 0 unspecified atom stereocenters. The third-order valence-electron chi connectivity index (χ3n) is 5.58. The zero-order valence-electron chi connectivity index (χ0n) is 20.0. The van der Waals surface area contributed by atoms with E-state index in [-0.39, 0.29) is 18.5 Å². The minimum atomic E-state index is -0.683. The molecule has 186 valence electrons. The predicted octanol–water partition coefficient (Wildman–Crippen LogP) is 4.41. The highest BCUT2D eigenvalue weighted by molar-refractivity contribution is 6.05. The molecule has 0 fully saturated rings. The average Bonchev–Trinajstić information content (AvgIpc) is 2.91. The fraction of sp³-hybridized carbons (Fsp3) is 0.200. The number of alkyl halides is 1. The molecule has 0 saturated carbocycles. The highest BCUT2D eigenvalue weighted by Crippen LogP contribution is 2.35. The Morgan fingerprint density at radius 3 is 2.53 bits per heavy atom. The fourth-order valence-corrected chi connectivity index (χ4v) is 3.71. The lowest BCUT2D eigenvalue weighted by Crippen LogP contribution is -2.46. The van der Waals surface area contributed by atoms with Crippen molar-refractivity contribution in [3.63, 3.8) is 0 Å². The number of nitrogens with one attached hydrogen (secondary N) is 2. The van der Waals surface area contributed by atoms with Gasteiger partial charge in [-0.05, 0) is 23.8 Å². The number of amides is 3. The van der Waals surface area contributed by atoms with Crippen molar-refractivity contribution in [1.82, 2.24) is 9.97 Å². The first-order valence-electron chi connectivity index (χ1n) is 10.9. The number of nitrogens with zero attached hydrogens (tertiary/aromatic N) is 4. The van der Waals surface area contributed by atoms with E-state index in [4.69, 9.17) is 9.47 Å². The third kappa shape index (κ3) is 4.90. The Labute approximate surface area is 207 Å². The summed E-state index contributed by atoms with van der Waals surface area (Å²) in [4.78, 5) is 36.9. The lowest BCUT2D eigenvalue weighted by molar-refractivity contribution is -0.111. The number of fused-ring (bicyclic) bond motifs is 1. The van der Waals surface area contributed by atoms with Crippen molar-refractivity contribution in [3.8, 4) is 11.5 Å². The first-order valence-corrected chi connectivity index (χ1v) is 10.9. The number of hydrogen-bond donors (Lipinski definition) is 2. The second-order valence-corrected chi connectivity index (χ2v) is 7.87. The van der Waals surface area contributed by atoms with Gasteiger partial charge < -0.3 is 20.1 Å². The van der Waals surface area contributed by atoms with E-state index >= 15 is 0 Å². The number of anilines is 5. The number of halogens is 1. The van der Waals surface area contributed by atoms with Crippen molar-refractivity contribution >= 4 is 40.8 Å². The Morgan fingerprint density at radius 1 is 1.17 bits per heavy atom. The van der Waals surface area contributed by atoms with Gasteiger partial charge in [0.05, 0.1) is 37.8 Å². The van der Waals surface area contributed by atoms with Crippen LogP contribution in [0.25, 0.3) is 0 Å². The summed E-state index contributed by atoms with van der Waals surface area (Å²) in [6.07, 6.45) is 2.74. The molecule has 2 N–H and O–H groups in total. The van der Waals surface area contributed by atoms with Gasteiger partial charge in [0.1, 0.15) is 24.0 Å². The van der Waals surface area contributed by atoms with Crippen LogP contribution in [0.1, 0.15) is 11.1 Å². The Balaban J connectivity index is 1.65. The van der Waals surface area contributed by atoms with Crippen LogP contribution in [0.3, 0.4) is 0 Å². The van der Waals surface area contributed by atoms with Crippen LogP contribution in [0.2, 0.25) is 0 Å². The molecule has 0 bridgehead atoms. The molecule has 0 atom stereocenters. The van der Waals surface area contributed by atoms with Crippen molar-refractivity contribution in [2.75, 3.05) is 41.7 Å². The van der Waals surface area contributed by atoms with Crippen molar-refractivity contribution in [3.05, 3.63) is 66.4 Å². The molecule has 2 aromatic carbocycles. The first kappa shape index (κ1) is 24.5. The molecular formula is C25H25FN6O4. The van der Waals surface area contributed by atoms with Gasteiger partial charge in [-0.25, -0.2) is 14.2 Å². The van der Waals surface area contributed by atoms with Crippen LogP contribution in [0.15, 0.2) is 55.3 Å². The van der Waals surface area contributed by atoms with Crippen molar-refractivity contribution < 1.29 is 23.5 Å². The molecule has 4 rings (SSSR count). The number of benzene rings is 2. The van der Waals surface area contributed by atoms with E-state index in [0.717, 1.165) is 6.08 Å². The van der Waals surface area contributed by atoms with Gasteiger partial charge in [0.25, 0.3) is 0 Å². The number of rotatable bonds is 8. The minimum Gasteiger partial charge on any atom is -0.497 e. The summed E-state index contributed by atoms with van der Waals surface area (Å²) < 4.78 is 23.9. The largest absolute Gasteiger partial charge is 0.497 e. The number of carbonyl (C=O) groups excluding carboxylic acids is 2. The highest BCUT2D eigenvalue weighted by Gasteiger charge is 2.31. The summed E-state index contributed by atoms with van der Waals surface area (Å²) in [6, 6.07) is 9.59. The van der Waals surface area contributed by atoms with Gasteiger partial charge in [-0.15, -0.1) is 0 Å². The van der Waals surface area contributed by atoms with Crippen LogP contribution in [-0.2, 0) is 18.0 Å². The van der Waals surface area contributed by atoms with E-state index in [2.05, 4.69) is 27.2 Å². The molecule has 0 spiro atoms. The molecule has 0 radical (unpaired) electrons. The topological polar surface area (TPSA) is 109 Å². The minimum absolute atomic E-state index is 0.176. The Morgan fingerprint density at radius 2 is 1.89 bits per heavy atom. The Hall–Kier alpha value is -4.67. The number of methoxy groups -OCH3 is 2. The van der Waals surface area contributed by atoms with Gasteiger partial charge in [0, 0.05) is 37.0 Å². The second-order valence-electron chi connectivity index (χ2n) is 7.87. The number of ether oxygens (including phenoxy) is 2. The molecule has 11 heteroatoms. The number of urea groups is 1. The number of carbonyl (C=O) groups is 2. The van der Waals surface area contributed by atoms with E-state index in [1.54, 1.807) is 54.5 Å². The van der Waals surface area contributed by atoms with Gasteiger partial charge in [-0.2, -0.15) is 4.98 Å². The summed E-state index contributed by atoms with van der Waals surface area (Å²) in [7, 11) is 4.69. The van der Waals surface area contributed by atoms with Crippen molar-refractivity contribution in [2.24, 2.45) is 0 Å². The quantitative estimate of drug-likeness (QED) is 0.449. The molecule has 36 heavy (non-hydrogen) atoms. The van der Waals surface area contributed by atoms with Gasteiger partial charge in [-0.3, -0.25) is 14.6 Å². The Kier molecular flexibility index (Phi) is 7.00. The predicted molar refractivity (Wildman–Crippen MR) is 135 cm³/mol. The van der Waals surface area contributed by atoms with Gasteiger partial charge in [-0.1, -0.05) is 12.6 Å². The molecule has 0 saturated heterocycles. The summed E-state index contributed by atoms with van der Waals surface area (Å²) in [5, 5.41) is 5.68. The van der Waals surface area contributed by atoms with Crippen molar-refractivity contribution in [2.45, 2.75) is 13.2 Å². The van der Waals surface area contributed by atoms with E-state index < -0.39 is 12.6 Å². The third-order valence-corrected chi connectivity index (χ3v) is 5.58. The van der Waals surface area contributed by atoms with Gasteiger partial charge >= 0.3 is 6.03 Å². The molecule has 1 aliphatic rings. The summed E-state index contributed by atoms with van der Waals surface area (Å²) in [6.45, 7) is 2.99. The van der Waals surface area contributed by atoms with Crippen LogP contribution in [0, 0.1) is 0 Å². The van der Waals surface area contributed by atoms with E-state index in [9.17, 15) is 14.0 Å². The van der Waals surface area contributed by atoms with Crippen LogP contribution in [0.5, 0.6) is 11.5 Å². The van der Waals surface area contributed by atoms with E-state index in [1.807, 2.05) is 0 Å². The SMILES string of the molecule is C=CC(=O)Nc1ccc(CF)cc1Nc1ncc2c(n1)N(C)C(=O)N(c1cc(OC)cc(OC)c1)C2. The normalized spacial score (nSPS) is 12.6. The fourth-order valence-electron chi connectivity index (χ4n) is 3.71. The molecule has 1 aromatic heterocycles. The van der Waals surface area contributed by atoms with Crippen LogP contribution < -0.4 is 29.9 Å². The second kappa shape index (κ2) is 10.3. The monoisotopic (exact) mass is 492 g/mol. The van der Waals surface area contributed by atoms with Crippen LogP contribution >= 0.6 is 0 Å². The maximum absolute atomic E-state index is 13.3. The van der Waals surface area contributed by atoms with E-state index in [0.29, 0.717) is 45.5 Å². The lowest BCUT2D eigenvalue weighted by Gasteiger charge is -2.34. The van der Waals surface area contributed by atoms with Crippen LogP contribution in [0.4, 0.5) is 38.0 Å². The highest BCUT2D eigenvalue weighted by atomic mass is 19.1. The summed E-state index contributed by atoms with van der Waals surface area (Å²) in [5.74, 6) is 1.28. The summed E-state index contributed by atoms with van der Waals surface area (Å²) in [5.41, 5.74) is 2.52. The lowest BCUT2D eigenvalue weighted by atomic mass is 10.1. The maximum Gasteiger partial charge on any atom is 0.330 e.